The maximum Gasteiger partial charge on any atom is 0.334 e. The van der Waals surface area contributed by atoms with Gasteiger partial charge in [-0.15, -0.1) is 26.3 Å². The molecule has 1 rings (SSSR count). The van der Waals surface area contributed by atoms with Crippen molar-refractivity contribution in [2.45, 2.75) is 12.8 Å². The third-order valence-electron chi connectivity index (χ3n) is 3.38. The average molecular weight is 288 g/mol. The van der Waals surface area contributed by atoms with Crippen molar-refractivity contribution in [3.05, 3.63) is 50.6 Å². The maximum absolute atomic E-state index is 12.7. The fraction of sp³-hybridized carbons (Fsp3) is 0.312. The second kappa shape index (κ2) is 6.83. The van der Waals surface area contributed by atoms with Crippen molar-refractivity contribution in [2.75, 3.05) is 13.1 Å². The Kier molecular flexibility index (Phi) is 5.41. The van der Waals surface area contributed by atoms with Crippen LogP contribution in [0.5, 0.6) is 0 Å². The molecule has 0 unspecified atom stereocenters. The zero-order valence-corrected chi connectivity index (χ0v) is 12.1. The highest BCUT2D eigenvalue weighted by Gasteiger charge is 2.55. The molecule has 0 aliphatic carbocycles. The summed E-state index contributed by atoms with van der Waals surface area (Å²) in [6.07, 6.45) is 6.20. The van der Waals surface area contributed by atoms with Crippen molar-refractivity contribution < 1.29 is 14.4 Å². The molecule has 0 radical (unpaired) electrons. The lowest BCUT2D eigenvalue weighted by atomic mass is 9.76. The Bertz CT molecular complexity index is 464. The van der Waals surface area contributed by atoms with Gasteiger partial charge in [0.15, 0.2) is 0 Å². The van der Waals surface area contributed by atoms with Gasteiger partial charge in [0, 0.05) is 13.1 Å². The molecule has 0 aromatic rings. The fourth-order valence-corrected chi connectivity index (χ4v) is 2.43. The Labute approximate surface area is 124 Å². The first-order valence-electron chi connectivity index (χ1n) is 6.61. The molecule has 1 aliphatic rings. The molecular formula is C16H20N2O3. The van der Waals surface area contributed by atoms with Crippen LogP contribution in [0, 0.1) is 5.41 Å². The molecule has 0 aromatic carbocycles. The third-order valence-corrected chi connectivity index (χ3v) is 3.38. The number of nitrogens with zero attached hydrogens (tertiary/aromatic N) is 2. The average Bonchev–Trinajstić information content (AvgIpc) is 2.46. The Morgan fingerprint density at radius 2 is 1.14 bits per heavy atom. The minimum Gasteiger partial charge on any atom is -0.273 e. The number of amides is 4. The zero-order chi connectivity index (χ0) is 16.0. The molecule has 0 atom stereocenters. The van der Waals surface area contributed by atoms with Gasteiger partial charge in [-0.1, -0.05) is 24.3 Å². The smallest absolute Gasteiger partial charge is 0.273 e. The van der Waals surface area contributed by atoms with Crippen LogP contribution in [-0.4, -0.2) is 40.7 Å². The largest absolute Gasteiger partial charge is 0.334 e. The van der Waals surface area contributed by atoms with Crippen molar-refractivity contribution >= 4 is 17.8 Å². The van der Waals surface area contributed by atoms with E-state index in [1.165, 1.54) is 24.3 Å². The van der Waals surface area contributed by atoms with E-state index in [1.54, 1.807) is 0 Å². The summed E-state index contributed by atoms with van der Waals surface area (Å²) in [6.45, 7) is 14.4. The standard InChI is InChI=1S/C16H20N2O3/c1-5-9-16(10-6-2)13(19)17(11-7-3)15(21)18(12-8-4)14(16)20/h5-8H,1-4,9-12H2. The van der Waals surface area contributed by atoms with E-state index >= 15 is 0 Å². The van der Waals surface area contributed by atoms with Crippen LogP contribution in [0.4, 0.5) is 4.79 Å². The van der Waals surface area contributed by atoms with Gasteiger partial charge < -0.3 is 0 Å². The van der Waals surface area contributed by atoms with Crippen LogP contribution in [0.25, 0.3) is 0 Å². The van der Waals surface area contributed by atoms with E-state index in [2.05, 4.69) is 26.3 Å². The van der Waals surface area contributed by atoms with Gasteiger partial charge in [0.25, 0.3) is 0 Å². The predicted molar refractivity (Wildman–Crippen MR) is 81.3 cm³/mol. The van der Waals surface area contributed by atoms with E-state index in [4.69, 9.17) is 0 Å². The molecule has 1 fully saturated rings. The molecule has 1 aliphatic heterocycles. The van der Waals surface area contributed by atoms with E-state index in [-0.39, 0.29) is 25.9 Å². The summed E-state index contributed by atoms with van der Waals surface area (Å²) in [7, 11) is 0. The van der Waals surface area contributed by atoms with Crippen molar-refractivity contribution in [3.63, 3.8) is 0 Å². The minimum atomic E-state index is -1.36. The molecule has 0 aromatic heterocycles. The molecule has 1 saturated heterocycles. The quantitative estimate of drug-likeness (QED) is 0.508. The van der Waals surface area contributed by atoms with Crippen LogP contribution in [-0.2, 0) is 9.59 Å². The Morgan fingerprint density at radius 3 is 1.43 bits per heavy atom. The number of carbonyl (C=O) groups excluding carboxylic acids is 3. The molecule has 112 valence electrons. The van der Waals surface area contributed by atoms with Gasteiger partial charge in [0.1, 0.15) is 5.41 Å². The van der Waals surface area contributed by atoms with E-state index in [1.807, 2.05) is 0 Å². The van der Waals surface area contributed by atoms with Gasteiger partial charge in [-0.2, -0.15) is 0 Å². The molecular weight excluding hydrogens is 268 g/mol. The number of hydrogen-bond acceptors (Lipinski definition) is 3. The lowest BCUT2D eigenvalue weighted by molar-refractivity contribution is -0.157. The van der Waals surface area contributed by atoms with E-state index in [0.717, 1.165) is 9.80 Å². The second-order valence-corrected chi connectivity index (χ2v) is 4.76. The lowest BCUT2D eigenvalue weighted by Gasteiger charge is -2.43. The number of allylic oxidation sites excluding steroid dienone is 2. The highest BCUT2D eigenvalue weighted by Crippen LogP contribution is 2.37. The molecule has 21 heavy (non-hydrogen) atoms. The summed E-state index contributed by atoms with van der Waals surface area (Å²) >= 11 is 0. The Morgan fingerprint density at radius 1 is 0.762 bits per heavy atom. The van der Waals surface area contributed by atoms with Crippen molar-refractivity contribution in [3.8, 4) is 0 Å². The molecule has 0 saturated carbocycles. The van der Waals surface area contributed by atoms with Gasteiger partial charge in [-0.3, -0.25) is 19.4 Å². The normalized spacial score (nSPS) is 17.6. The highest BCUT2D eigenvalue weighted by atomic mass is 16.2. The van der Waals surface area contributed by atoms with Crippen LogP contribution in [0.15, 0.2) is 50.6 Å². The summed E-state index contributed by atoms with van der Waals surface area (Å²) in [5, 5.41) is 0. The van der Waals surface area contributed by atoms with Crippen LogP contribution in [0.3, 0.4) is 0 Å². The molecule has 0 spiro atoms. The van der Waals surface area contributed by atoms with Gasteiger partial charge in [-0.25, -0.2) is 4.79 Å². The summed E-state index contributed by atoms with van der Waals surface area (Å²) in [6, 6.07) is -0.645. The maximum atomic E-state index is 12.7. The molecule has 4 amide bonds. The van der Waals surface area contributed by atoms with Crippen molar-refractivity contribution in [1.29, 1.82) is 0 Å². The first kappa shape index (κ1) is 16.6. The van der Waals surface area contributed by atoms with Crippen molar-refractivity contribution in [1.82, 2.24) is 9.80 Å². The monoisotopic (exact) mass is 288 g/mol. The molecule has 5 nitrogen and oxygen atoms in total. The van der Waals surface area contributed by atoms with Gasteiger partial charge in [0.05, 0.1) is 0 Å². The number of imide groups is 2. The molecule has 0 N–H and O–H groups in total. The Hall–Kier alpha value is -2.43. The zero-order valence-electron chi connectivity index (χ0n) is 12.1. The molecule has 5 heteroatoms. The SMILES string of the molecule is C=CCN1C(=O)N(CC=C)C(=O)C(CC=C)(CC=C)C1=O. The van der Waals surface area contributed by atoms with Crippen LogP contribution in [0.1, 0.15) is 12.8 Å². The number of carbonyl (C=O) groups is 3. The summed E-state index contributed by atoms with van der Waals surface area (Å²) in [5.74, 6) is -1.06. The van der Waals surface area contributed by atoms with Crippen LogP contribution >= 0.6 is 0 Å². The topological polar surface area (TPSA) is 57.7 Å². The van der Waals surface area contributed by atoms with E-state index in [0.29, 0.717) is 0 Å². The number of barbiturate groups is 1. The predicted octanol–water partition coefficient (Wildman–Crippen LogP) is 2.29. The molecule has 1 heterocycles. The highest BCUT2D eigenvalue weighted by molar-refractivity contribution is 6.19. The van der Waals surface area contributed by atoms with E-state index < -0.39 is 23.3 Å². The summed E-state index contributed by atoms with van der Waals surface area (Å²) in [4.78, 5) is 39.7. The van der Waals surface area contributed by atoms with Crippen LogP contribution < -0.4 is 0 Å². The summed E-state index contributed by atoms with van der Waals surface area (Å²) < 4.78 is 0. The van der Waals surface area contributed by atoms with E-state index in [9.17, 15) is 14.4 Å². The summed E-state index contributed by atoms with van der Waals surface area (Å²) in [5.41, 5.74) is -1.36. The third kappa shape index (κ3) is 2.72. The number of rotatable bonds is 8. The van der Waals surface area contributed by atoms with Gasteiger partial charge >= 0.3 is 6.03 Å². The first-order valence-corrected chi connectivity index (χ1v) is 6.61. The first-order chi connectivity index (χ1) is 9.99. The second-order valence-electron chi connectivity index (χ2n) is 4.76. The van der Waals surface area contributed by atoms with Crippen molar-refractivity contribution in [2.24, 2.45) is 5.41 Å². The fourth-order valence-electron chi connectivity index (χ4n) is 2.43. The lowest BCUT2D eigenvalue weighted by Crippen LogP contribution is -2.65. The minimum absolute atomic E-state index is 0.0502. The van der Waals surface area contributed by atoms with Crippen LogP contribution in [0.2, 0.25) is 0 Å². The van der Waals surface area contributed by atoms with Gasteiger partial charge in [-0.05, 0) is 12.8 Å². The number of hydrogen-bond donors (Lipinski definition) is 0. The molecule has 0 bridgehead atoms. The Balaban J connectivity index is 3.40. The number of urea groups is 1. The van der Waals surface area contributed by atoms with Gasteiger partial charge in [0.2, 0.25) is 11.8 Å².